The van der Waals surface area contributed by atoms with Gasteiger partial charge in [-0.15, -0.1) is 0 Å². The van der Waals surface area contributed by atoms with Crippen LogP contribution in [0.2, 0.25) is 0 Å². The maximum atomic E-state index is 13.8. The van der Waals surface area contributed by atoms with Crippen molar-refractivity contribution < 1.29 is 28.6 Å². The molecule has 35 heavy (non-hydrogen) atoms. The number of hydrogen-bond acceptors (Lipinski definition) is 6. The van der Waals surface area contributed by atoms with Crippen LogP contribution in [0.3, 0.4) is 0 Å². The van der Waals surface area contributed by atoms with Crippen LogP contribution >= 0.6 is 0 Å². The number of benzene rings is 2. The van der Waals surface area contributed by atoms with E-state index in [1.54, 1.807) is 26.2 Å². The first-order valence-electron chi connectivity index (χ1n) is 11.8. The lowest BCUT2D eigenvalue weighted by molar-refractivity contribution is -0.153. The fourth-order valence-electron chi connectivity index (χ4n) is 5.46. The molecular formula is C27H28N2O6. The molecule has 182 valence electrons. The number of ether oxygens (including phenoxy) is 3. The van der Waals surface area contributed by atoms with Crippen molar-refractivity contribution in [2.45, 2.75) is 37.8 Å². The fraction of sp³-hybridized carbons (Fsp3) is 0.370. The lowest BCUT2D eigenvalue weighted by atomic mass is 9.74. The van der Waals surface area contributed by atoms with Crippen molar-refractivity contribution in [1.82, 2.24) is 10.2 Å². The van der Waals surface area contributed by atoms with E-state index < -0.39 is 35.6 Å². The van der Waals surface area contributed by atoms with Gasteiger partial charge in [-0.25, -0.2) is 0 Å². The smallest absolute Gasteiger partial charge is 0.312 e. The molecule has 2 aromatic carbocycles. The van der Waals surface area contributed by atoms with Crippen molar-refractivity contribution in [2.24, 2.45) is 11.8 Å². The Morgan fingerprint density at radius 2 is 1.83 bits per heavy atom. The van der Waals surface area contributed by atoms with Gasteiger partial charge in [0.25, 0.3) is 0 Å². The summed E-state index contributed by atoms with van der Waals surface area (Å²) in [6, 6.07) is 16.0. The van der Waals surface area contributed by atoms with Crippen LogP contribution in [-0.4, -0.2) is 54.1 Å². The van der Waals surface area contributed by atoms with E-state index in [0.29, 0.717) is 12.3 Å². The highest BCUT2D eigenvalue weighted by Gasteiger charge is 2.73. The van der Waals surface area contributed by atoms with Gasteiger partial charge in [-0.3, -0.25) is 14.4 Å². The molecule has 2 aromatic rings. The molecule has 0 aliphatic carbocycles. The summed E-state index contributed by atoms with van der Waals surface area (Å²) in [6.07, 6.45) is 2.98. The summed E-state index contributed by atoms with van der Waals surface area (Å²) in [4.78, 5) is 41.8. The largest absolute Gasteiger partial charge is 0.497 e. The molecule has 0 aromatic heterocycles. The highest BCUT2D eigenvalue weighted by Crippen LogP contribution is 2.55. The molecule has 0 radical (unpaired) electrons. The SMILES string of the molecule is CCOC(=O)[C@@H]1[C@@H]2C=C[C@]3(O2)[C@H](C(=O)NCc2ccccc2)N(Cc2ccc(OC)cc2)C(=O)[C@@H]13. The Balaban J connectivity index is 1.47. The van der Waals surface area contributed by atoms with Crippen molar-refractivity contribution in [1.29, 1.82) is 0 Å². The third-order valence-corrected chi connectivity index (χ3v) is 7.00. The van der Waals surface area contributed by atoms with Gasteiger partial charge in [-0.2, -0.15) is 0 Å². The van der Waals surface area contributed by atoms with Crippen LogP contribution in [-0.2, 0) is 36.9 Å². The van der Waals surface area contributed by atoms with E-state index in [2.05, 4.69) is 5.32 Å². The minimum absolute atomic E-state index is 0.196. The average Bonchev–Trinajstić information content (AvgIpc) is 3.51. The van der Waals surface area contributed by atoms with Crippen LogP contribution < -0.4 is 10.1 Å². The predicted molar refractivity (Wildman–Crippen MR) is 126 cm³/mol. The number of carbonyl (C=O) groups is 3. The summed E-state index contributed by atoms with van der Waals surface area (Å²) in [7, 11) is 1.59. The van der Waals surface area contributed by atoms with Crippen LogP contribution in [0.5, 0.6) is 5.75 Å². The zero-order valence-electron chi connectivity index (χ0n) is 19.7. The molecule has 1 spiro atoms. The van der Waals surface area contributed by atoms with Gasteiger partial charge in [0.2, 0.25) is 11.8 Å². The van der Waals surface area contributed by atoms with E-state index in [0.717, 1.165) is 11.1 Å². The lowest BCUT2D eigenvalue weighted by Crippen LogP contribution is -2.54. The number of methoxy groups -OCH3 is 1. The molecule has 8 heteroatoms. The van der Waals surface area contributed by atoms with Gasteiger partial charge >= 0.3 is 5.97 Å². The van der Waals surface area contributed by atoms with Crippen LogP contribution in [0.25, 0.3) is 0 Å². The molecule has 5 atom stereocenters. The summed E-state index contributed by atoms with van der Waals surface area (Å²) in [5.74, 6) is -1.99. The number of carbonyl (C=O) groups excluding carboxylic acids is 3. The molecule has 0 unspecified atom stereocenters. The third kappa shape index (κ3) is 3.87. The number of hydrogen-bond donors (Lipinski definition) is 1. The molecule has 3 aliphatic rings. The number of nitrogens with zero attached hydrogens (tertiary/aromatic N) is 1. The molecular weight excluding hydrogens is 448 g/mol. The van der Waals surface area contributed by atoms with Crippen LogP contribution in [0.15, 0.2) is 66.7 Å². The number of amides is 2. The summed E-state index contributed by atoms with van der Waals surface area (Å²) < 4.78 is 16.8. The van der Waals surface area contributed by atoms with E-state index in [1.165, 1.54) is 4.90 Å². The molecule has 1 N–H and O–H groups in total. The minimum Gasteiger partial charge on any atom is -0.497 e. The molecule has 2 fully saturated rings. The molecule has 3 heterocycles. The number of likely N-dealkylation sites (tertiary alicyclic amines) is 1. The highest BCUT2D eigenvalue weighted by atomic mass is 16.6. The predicted octanol–water partition coefficient (Wildman–Crippen LogP) is 2.23. The second-order valence-electron chi connectivity index (χ2n) is 8.97. The Labute approximate surface area is 203 Å². The van der Waals surface area contributed by atoms with Crippen molar-refractivity contribution in [3.63, 3.8) is 0 Å². The van der Waals surface area contributed by atoms with Crippen LogP contribution in [0, 0.1) is 11.8 Å². The molecule has 2 amide bonds. The second-order valence-corrected chi connectivity index (χ2v) is 8.97. The Morgan fingerprint density at radius 1 is 1.09 bits per heavy atom. The second kappa shape index (κ2) is 9.19. The Bertz CT molecular complexity index is 1150. The maximum Gasteiger partial charge on any atom is 0.312 e. The van der Waals surface area contributed by atoms with Crippen molar-refractivity contribution in [3.05, 3.63) is 77.9 Å². The van der Waals surface area contributed by atoms with E-state index >= 15 is 0 Å². The molecule has 3 aliphatic heterocycles. The topological polar surface area (TPSA) is 94.2 Å². The number of rotatable bonds is 8. The average molecular weight is 477 g/mol. The van der Waals surface area contributed by atoms with Gasteiger partial charge in [0.15, 0.2) is 0 Å². The summed E-state index contributed by atoms with van der Waals surface area (Å²) in [5.41, 5.74) is 0.562. The summed E-state index contributed by atoms with van der Waals surface area (Å²) in [6.45, 7) is 2.44. The van der Waals surface area contributed by atoms with Gasteiger partial charge < -0.3 is 24.4 Å². The van der Waals surface area contributed by atoms with Crippen molar-refractivity contribution >= 4 is 17.8 Å². The molecule has 0 saturated carbocycles. The number of esters is 1. The van der Waals surface area contributed by atoms with Crippen LogP contribution in [0.1, 0.15) is 18.1 Å². The highest BCUT2D eigenvalue weighted by molar-refractivity contribution is 5.99. The lowest BCUT2D eigenvalue weighted by Gasteiger charge is -2.32. The number of nitrogens with one attached hydrogen (secondary N) is 1. The zero-order valence-corrected chi connectivity index (χ0v) is 19.7. The minimum atomic E-state index is -1.22. The Hall–Kier alpha value is -3.65. The quantitative estimate of drug-likeness (QED) is 0.464. The van der Waals surface area contributed by atoms with Gasteiger partial charge in [0.05, 0.1) is 25.7 Å². The summed E-state index contributed by atoms with van der Waals surface area (Å²) in [5, 5.41) is 2.97. The first-order chi connectivity index (χ1) is 17.0. The van der Waals surface area contributed by atoms with Crippen LogP contribution in [0.4, 0.5) is 0 Å². The first kappa shape index (κ1) is 23.1. The number of fused-ring (bicyclic) bond motifs is 1. The maximum absolute atomic E-state index is 13.8. The third-order valence-electron chi connectivity index (χ3n) is 7.00. The van der Waals surface area contributed by atoms with E-state index in [1.807, 2.05) is 54.6 Å². The van der Waals surface area contributed by atoms with Gasteiger partial charge in [0, 0.05) is 13.1 Å². The molecule has 2 saturated heterocycles. The van der Waals surface area contributed by atoms with Gasteiger partial charge in [-0.1, -0.05) is 54.6 Å². The summed E-state index contributed by atoms with van der Waals surface area (Å²) >= 11 is 0. The molecule has 8 nitrogen and oxygen atoms in total. The fourth-order valence-corrected chi connectivity index (χ4v) is 5.46. The van der Waals surface area contributed by atoms with E-state index in [-0.39, 0.29) is 25.0 Å². The first-order valence-corrected chi connectivity index (χ1v) is 11.8. The van der Waals surface area contributed by atoms with Crippen molar-refractivity contribution in [2.75, 3.05) is 13.7 Å². The normalized spacial score (nSPS) is 28.2. The molecule has 2 bridgehead atoms. The monoisotopic (exact) mass is 476 g/mol. The standard InChI is InChI=1S/C27H28N2O6/c1-3-34-26(32)21-20-13-14-27(35-20)22(21)25(31)29(16-18-9-11-19(33-2)12-10-18)23(27)24(30)28-15-17-7-5-4-6-8-17/h4-14,20-23H,3,15-16H2,1-2H3,(H,28,30)/t20-,21+,22+,23-,27+/m0/s1. The van der Waals surface area contributed by atoms with E-state index in [4.69, 9.17) is 14.2 Å². The van der Waals surface area contributed by atoms with Gasteiger partial charge in [-0.05, 0) is 30.2 Å². The van der Waals surface area contributed by atoms with Gasteiger partial charge in [0.1, 0.15) is 23.3 Å². The molecule has 5 rings (SSSR count). The van der Waals surface area contributed by atoms with E-state index in [9.17, 15) is 14.4 Å². The zero-order chi connectivity index (χ0) is 24.6. The Morgan fingerprint density at radius 3 is 2.51 bits per heavy atom. The Kier molecular flexibility index (Phi) is 6.06. The van der Waals surface area contributed by atoms with Crippen molar-refractivity contribution in [3.8, 4) is 5.75 Å².